The van der Waals surface area contributed by atoms with Crippen LogP contribution in [-0.2, 0) is 16.8 Å². The van der Waals surface area contributed by atoms with Crippen LogP contribution in [0.15, 0.2) is 16.0 Å². The Morgan fingerprint density at radius 3 is 3.16 bits per heavy atom. The van der Waals surface area contributed by atoms with Crippen LogP contribution in [0, 0.1) is 0 Å². The maximum Gasteiger partial charge on any atom is 0.248 e. The molecule has 0 radical (unpaired) electrons. The Bertz CT molecular complexity index is 576. The summed E-state index contributed by atoms with van der Waals surface area (Å²) in [4.78, 5) is 5.89. The molecule has 6 heteroatoms. The third-order valence-electron chi connectivity index (χ3n) is 3.53. The highest BCUT2D eigenvalue weighted by Crippen LogP contribution is 2.32. The highest BCUT2D eigenvalue weighted by atomic mass is 32.1. The van der Waals surface area contributed by atoms with Gasteiger partial charge in [-0.2, -0.15) is 4.98 Å². The number of rotatable bonds is 3. The molecule has 5 nitrogen and oxygen atoms in total. The molecular weight excluding hydrogens is 262 g/mol. The SMILES string of the molecule is COC(C)(C)c1noc(C2NCCc3sccc32)n1. The van der Waals surface area contributed by atoms with Gasteiger partial charge in [0.15, 0.2) is 0 Å². The van der Waals surface area contributed by atoms with Gasteiger partial charge in [0.05, 0.1) is 0 Å². The van der Waals surface area contributed by atoms with Gasteiger partial charge in [0, 0.05) is 18.5 Å². The lowest BCUT2D eigenvalue weighted by atomic mass is 10.0. The first kappa shape index (κ1) is 12.8. The molecule has 0 aromatic carbocycles. The normalized spacial score (nSPS) is 19.4. The predicted molar refractivity (Wildman–Crippen MR) is 72.2 cm³/mol. The first-order valence-electron chi connectivity index (χ1n) is 6.30. The first-order chi connectivity index (χ1) is 9.12. The molecule has 0 saturated heterocycles. The lowest BCUT2D eigenvalue weighted by Gasteiger charge is -2.21. The van der Waals surface area contributed by atoms with E-state index in [1.807, 2.05) is 13.8 Å². The summed E-state index contributed by atoms with van der Waals surface area (Å²) in [5.41, 5.74) is 0.718. The molecule has 1 N–H and O–H groups in total. The summed E-state index contributed by atoms with van der Waals surface area (Å²) in [5.74, 6) is 1.19. The van der Waals surface area contributed by atoms with E-state index in [2.05, 4.69) is 26.9 Å². The second kappa shape index (κ2) is 4.70. The molecule has 3 rings (SSSR count). The summed E-state index contributed by atoms with van der Waals surface area (Å²) in [6.45, 7) is 4.78. The lowest BCUT2D eigenvalue weighted by molar-refractivity contribution is 0.00973. The highest BCUT2D eigenvalue weighted by molar-refractivity contribution is 7.10. The minimum Gasteiger partial charge on any atom is -0.371 e. The fourth-order valence-electron chi connectivity index (χ4n) is 2.16. The second-order valence-corrected chi connectivity index (χ2v) is 6.11. The number of fused-ring (bicyclic) bond motifs is 1. The van der Waals surface area contributed by atoms with Crippen LogP contribution in [0.1, 0.15) is 42.0 Å². The molecule has 19 heavy (non-hydrogen) atoms. The van der Waals surface area contributed by atoms with Crippen LogP contribution >= 0.6 is 11.3 Å². The van der Waals surface area contributed by atoms with Crippen molar-refractivity contribution < 1.29 is 9.26 Å². The Kier molecular flexibility index (Phi) is 3.16. The number of aromatic nitrogens is 2. The minimum absolute atomic E-state index is 0.00362. The van der Waals surface area contributed by atoms with Crippen LogP contribution in [0.3, 0.4) is 0 Å². The molecule has 0 amide bonds. The van der Waals surface area contributed by atoms with Crippen molar-refractivity contribution in [2.75, 3.05) is 13.7 Å². The summed E-state index contributed by atoms with van der Waals surface area (Å²) in [5, 5.41) is 9.59. The van der Waals surface area contributed by atoms with Crippen molar-refractivity contribution in [1.29, 1.82) is 0 Å². The van der Waals surface area contributed by atoms with Crippen molar-refractivity contribution >= 4 is 11.3 Å². The Labute approximate surface area is 116 Å². The Hall–Kier alpha value is -1.24. The van der Waals surface area contributed by atoms with Crippen LogP contribution < -0.4 is 5.32 Å². The van der Waals surface area contributed by atoms with E-state index in [1.54, 1.807) is 18.4 Å². The van der Waals surface area contributed by atoms with Crippen molar-refractivity contribution in [2.45, 2.75) is 31.9 Å². The van der Waals surface area contributed by atoms with Crippen LogP contribution in [0.4, 0.5) is 0 Å². The average Bonchev–Trinajstić information content (AvgIpc) is 3.07. The van der Waals surface area contributed by atoms with Crippen molar-refractivity contribution in [1.82, 2.24) is 15.5 Å². The standard InChI is InChI=1S/C13H17N3O2S/c1-13(2,17-3)12-15-11(18-16-12)10-8-5-7-19-9(8)4-6-14-10/h5,7,10,14H,4,6H2,1-3H3. The first-order valence-corrected chi connectivity index (χ1v) is 7.18. The van der Waals surface area contributed by atoms with Gasteiger partial charge in [0.25, 0.3) is 0 Å². The molecule has 1 aliphatic heterocycles. The third kappa shape index (κ3) is 2.20. The van der Waals surface area contributed by atoms with E-state index in [0.29, 0.717) is 11.7 Å². The van der Waals surface area contributed by atoms with Crippen molar-refractivity contribution in [3.05, 3.63) is 33.6 Å². The van der Waals surface area contributed by atoms with Gasteiger partial charge < -0.3 is 14.6 Å². The molecular formula is C13H17N3O2S. The summed E-state index contributed by atoms with van der Waals surface area (Å²) in [6.07, 6.45) is 1.06. The van der Waals surface area contributed by atoms with E-state index < -0.39 is 5.60 Å². The van der Waals surface area contributed by atoms with Gasteiger partial charge in [-0.15, -0.1) is 11.3 Å². The molecule has 0 aliphatic carbocycles. The predicted octanol–water partition coefficient (Wildman–Crippen LogP) is 2.25. The average molecular weight is 279 g/mol. The maximum atomic E-state index is 5.42. The van der Waals surface area contributed by atoms with Crippen LogP contribution in [-0.4, -0.2) is 23.8 Å². The number of nitrogens with zero attached hydrogens (tertiary/aromatic N) is 2. The number of nitrogens with one attached hydrogen (secondary N) is 1. The van der Waals surface area contributed by atoms with Crippen molar-refractivity contribution in [3.8, 4) is 0 Å². The molecule has 1 aliphatic rings. The number of ether oxygens (including phenoxy) is 1. The van der Waals surface area contributed by atoms with Gasteiger partial charge in [-0.05, 0) is 37.3 Å². The Morgan fingerprint density at radius 1 is 1.53 bits per heavy atom. The number of hydrogen-bond donors (Lipinski definition) is 1. The lowest BCUT2D eigenvalue weighted by Crippen LogP contribution is -2.30. The number of hydrogen-bond acceptors (Lipinski definition) is 6. The third-order valence-corrected chi connectivity index (χ3v) is 4.53. The Balaban J connectivity index is 1.93. The fourth-order valence-corrected chi connectivity index (χ4v) is 3.08. The van der Waals surface area contributed by atoms with Gasteiger partial charge in [-0.3, -0.25) is 0 Å². The molecule has 1 unspecified atom stereocenters. The molecule has 2 aromatic heterocycles. The summed E-state index contributed by atoms with van der Waals surface area (Å²) >= 11 is 1.79. The van der Waals surface area contributed by atoms with Gasteiger partial charge in [0.2, 0.25) is 11.7 Å². The molecule has 1 atom stereocenters. The number of thiophene rings is 1. The monoisotopic (exact) mass is 279 g/mol. The molecule has 3 heterocycles. The molecule has 102 valence electrons. The summed E-state index contributed by atoms with van der Waals surface area (Å²) < 4.78 is 10.8. The van der Waals surface area contributed by atoms with Gasteiger partial charge >= 0.3 is 0 Å². The number of methoxy groups -OCH3 is 1. The van der Waals surface area contributed by atoms with Crippen LogP contribution in [0.25, 0.3) is 0 Å². The molecule has 0 fully saturated rings. The zero-order chi connectivity index (χ0) is 13.5. The van der Waals surface area contributed by atoms with E-state index in [0.717, 1.165) is 13.0 Å². The Morgan fingerprint density at radius 2 is 2.37 bits per heavy atom. The van der Waals surface area contributed by atoms with E-state index in [-0.39, 0.29) is 6.04 Å². The summed E-state index contributed by atoms with van der Waals surface area (Å²) in [6, 6.07) is 2.13. The molecule has 0 saturated carbocycles. The molecule has 0 bridgehead atoms. The summed E-state index contributed by atoms with van der Waals surface area (Å²) in [7, 11) is 1.64. The van der Waals surface area contributed by atoms with Gasteiger partial charge in [0.1, 0.15) is 11.6 Å². The maximum absolute atomic E-state index is 5.42. The van der Waals surface area contributed by atoms with Gasteiger partial charge in [-0.1, -0.05) is 5.16 Å². The zero-order valence-electron chi connectivity index (χ0n) is 11.3. The smallest absolute Gasteiger partial charge is 0.248 e. The fraction of sp³-hybridized carbons (Fsp3) is 0.538. The molecule has 0 spiro atoms. The van der Waals surface area contributed by atoms with Crippen LogP contribution in [0.5, 0.6) is 0 Å². The van der Waals surface area contributed by atoms with E-state index in [1.165, 1.54) is 10.4 Å². The van der Waals surface area contributed by atoms with Gasteiger partial charge in [-0.25, -0.2) is 0 Å². The van der Waals surface area contributed by atoms with E-state index >= 15 is 0 Å². The topological polar surface area (TPSA) is 60.2 Å². The highest BCUT2D eigenvalue weighted by Gasteiger charge is 2.31. The minimum atomic E-state index is -0.534. The van der Waals surface area contributed by atoms with Crippen molar-refractivity contribution in [2.24, 2.45) is 0 Å². The largest absolute Gasteiger partial charge is 0.371 e. The molecule has 2 aromatic rings. The zero-order valence-corrected chi connectivity index (χ0v) is 12.1. The quantitative estimate of drug-likeness (QED) is 0.933. The van der Waals surface area contributed by atoms with Crippen molar-refractivity contribution in [3.63, 3.8) is 0 Å². The van der Waals surface area contributed by atoms with E-state index in [4.69, 9.17) is 9.26 Å². The second-order valence-electron chi connectivity index (χ2n) is 5.11. The van der Waals surface area contributed by atoms with Crippen LogP contribution in [0.2, 0.25) is 0 Å². The van der Waals surface area contributed by atoms with E-state index in [9.17, 15) is 0 Å².